The van der Waals surface area contributed by atoms with Gasteiger partial charge in [0.1, 0.15) is 34.3 Å². The molecule has 0 saturated heterocycles. The van der Waals surface area contributed by atoms with Gasteiger partial charge >= 0.3 is 11.9 Å². The maximum Gasteiger partial charge on any atom is 0.339 e. The van der Waals surface area contributed by atoms with Gasteiger partial charge in [-0.2, -0.15) is 9.97 Å². The van der Waals surface area contributed by atoms with Gasteiger partial charge in [-0.05, 0) is 62.1 Å². The van der Waals surface area contributed by atoms with Crippen LogP contribution in [0.4, 0.5) is 23.5 Å². The summed E-state index contributed by atoms with van der Waals surface area (Å²) >= 11 is 0. The van der Waals surface area contributed by atoms with Gasteiger partial charge in [-0.1, -0.05) is 51.4 Å². The number of amides is 2. The van der Waals surface area contributed by atoms with E-state index < -0.39 is 11.9 Å². The topological polar surface area (TPSA) is 215 Å². The van der Waals surface area contributed by atoms with Gasteiger partial charge in [0.15, 0.2) is 0 Å². The van der Waals surface area contributed by atoms with Crippen LogP contribution in [0.5, 0.6) is 0 Å². The summed E-state index contributed by atoms with van der Waals surface area (Å²) in [5.41, 5.74) is 3.20. The highest BCUT2D eigenvalue weighted by Gasteiger charge is 2.27. The molecule has 2 fully saturated rings. The van der Waals surface area contributed by atoms with Crippen LogP contribution >= 0.6 is 0 Å². The van der Waals surface area contributed by atoms with Gasteiger partial charge < -0.3 is 39.4 Å². The van der Waals surface area contributed by atoms with Crippen molar-refractivity contribution in [2.24, 2.45) is 0 Å². The second-order valence-corrected chi connectivity index (χ2v) is 16.3. The summed E-state index contributed by atoms with van der Waals surface area (Å²) in [4.78, 5) is 78.3. The summed E-state index contributed by atoms with van der Waals surface area (Å²) in [6.45, 7) is 0. The van der Waals surface area contributed by atoms with E-state index in [0.29, 0.717) is 40.5 Å². The predicted octanol–water partition coefficient (Wildman–Crippen LogP) is 7.82. The molecule has 0 aromatic carbocycles. The highest BCUT2D eigenvalue weighted by molar-refractivity contribution is 5.99. The minimum Gasteiger partial charge on any atom is -0.478 e. The fraction of sp³-hybridized carbons (Fsp3) is 0.422. The molecule has 2 saturated carbocycles. The Morgan fingerprint density at radius 3 is 1.37 bits per heavy atom. The molecule has 330 valence electrons. The van der Waals surface area contributed by atoms with Crippen molar-refractivity contribution in [2.75, 3.05) is 45.9 Å². The van der Waals surface area contributed by atoms with E-state index >= 15 is 0 Å². The monoisotopic (exact) mass is 858 g/mol. The van der Waals surface area contributed by atoms with Crippen molar-refractivity contribution in [3.05, 3.63) is 83.7 Å². The third-order valence-corrected chi connectivity index (χ3v) is 11.5. The predicted molar refractivity (Wildman–Crippen MR) is 238 cm³/mol. The number of carbonyl (C=O) groups is 4. The molecule has 3 N–H and O–H groups in total. The number of methoxy groups -OCH3 is 1. The van der Waals surface area contributed by atoms with Crippen molar-refractivity contribution >= 4 is 69.4 Å². The van der Waals surface area contributed by atoms with Crippen LogP contribution in [-0.2, 0) is 4.74 Å². The van der Waals surface area contributed by atoms with E-state index in [9.17, 15) is 19.2 Å². The molecule has 18 heteroatoms. The van der Waals surface area contributed by atoms with Crippen LogP contribution in [0.1, 0.15) is 131 Å². The van der Waals surface area contributed by atoms with Gasteiger partial charge in [0, 0.05) is 75.8 Å². The fourth-order valence-electron chi connectivity index (χ4n) is 8.23. The number of carbonyl (C=O) groups excluding carboxylic acids is 3. The Bertz CT molecular complexity index is 2570. The van der Waals surface area contributed by atoms with Crippen LogP contribution in [0.2, 0.25) is 0 Å². The number of pyridine rings is 2. The van der Waals surface area contributed by atoms with E-state index in [1.54, 1.807) is 68.6 Å². The highest BCUT2D eigenvalue weighted by atomic mass is 16.5. The number of carboxylic acid groups (broad SMARTS) is 1. The zero-order chi connectivity index (χ0) is 44.6. The molecule has 8 rings (SSSR count). The van der Waals surface area contributed by atoms with Crippen LogP contribution in [0, 0.1) is 0 Å². The molecule has 0 bridgehead atoms. The second-order valence-electron chi connectivity index (χ2n) is 16.3. The molecular formula is C45H54N12O6. The fourth-order valence-corrected chi connectivity index (χ4v) is 8.23. The Balaban J connectivity index is 0.000000189. The lowest BCUT2D eigenvalue weighted by molar-refractivity contribution is 0.0599. The number of fused-ring (bicyclic) bond motifs is 2. The summed E-state index contributed by atoms with van der Waals surface area (Å²) in [5, 5.41) is 16.8. The van der Waals surface area contributed by atoms with Gasteiger partial charge in [0.05, 0.1) is 18.2 Å². The van der Waals surface area contributed by atoms with Gasteiger partial charge in [-0.15, -0.1) is 0 Å². The van der Waals surface area contributed by atoms with Gasteiger partial charge in [-0.25, -0.2) is 29.5 Å². The number of hydrogen-bond acceptors (Lipinski definition) is 13. The van der Waals surface area contributed by atoms with Crippen molar-refractivity contribution in [2.45, 2.75) is 89.1 Å². The van der Waals surface area contributed by atoms with Crippen molar-refractivity contribution in [1.29, 1.82) is 0 Å². The van der Waals surface area contributed by atoms with Crippen LogP contribution in [0.15, 0.2) is 61.2 Å². The minimum absolute atomic E-state index is 0.0400. The average Bonchev–Trinajstić information content (AvgIpc) is 3.55. The van der Waals surface area contributed by atoms with E-state index in [0.717, 1.165) is 73.4 Å². The smallest absolute Gasteiger partial charge is 0.339 e. The van der Waals surface area contributed by atoms with E-state index in [1.807, 2.05) is 12.1 Å². The lowest BCUT2D eigenvalue weighted by Gasteiger charge is -2.21. The molecule has 18 nitrogen and oxygen atoms in total. The number of anilines is 4. The molecular weight excluding hydrogens is 805 g/mol. The lowest BCUT2D eigenvalue weighted by atomic mass is 10.1. The Hall–Kier alpha value is -6.98. The number of hydrogen-bond donors (Lipinski definition) is 3. The molecule has 0 spiro atoms. The summed E-state index contributed by atoms with van der Waals surface area (Å²) < 4.78 is 8.88. The summed E-state index contributed by atoms with van der Waals surface area (Å²) in [6.07, 6.45) is 19.7. The first-order valence-electron chi connectivity index (χ1n) is 21.4. The third-order valence-electron chi connectivity index (χ3n) is 11.5. The number of nitrogens with zero attached hydrogens (tertiary/aromatic N) is 10. The largest absolute Gasteiger partial charge is 0.478 e. The Kier molecular flexibility index (Phi) is 13.9. The van der Waals surface area contributed by atoms with Crippen molar-refractivity contribution in [3.63, 3.8) is 0 Å². The van der Waals surface area contributed by atoms with Crippen molar-refractivity contribution in [3.8, 4) is 0 Å². The number of nitrogens with one attached hydrogen (secondary N) is 2. The molecule has 6 heterocycles. The maximum atomic E-state index is 12.9. The van der Waals surface area contributed by atoms with Gasteiger partial charge in [0.2, 0.25) is 11.9 Å². The Morgan fingerprint density at radius 2 is 1.02 bits per heavy atom. The number of ether oxygens (including phenoxy) is 1. The first-order valence-corrected chi connectivity index (χ1v) is 21.4. The SMILES string of the molecule is CN(C)C(=O)c1cc2cnc(Nc3ccc(C(=O)O)cn3)nc2n1C1CCCCCC1.COC(=O)c1ccc(Nc2ncc3cc(C(=O)N(C)C)n(C4CCCCCC4)c3n2)nc1. The zero-order valence-electron chi connectivity index (χ0n) is 36.4. The third kappa shape index (κ3) is 10.2. The first-order chi connectivity index (χ1) is 30.4. The van der Waals surface area contributed by atoms with Crippen molar-refractivity contribution < 1.29 is 29.0 Å². The molecule has 6 aromatic heterocycles. The average molecular weight is 859 g/mol. The number of carboxylic acids is 1. The number of aromatic carboxylic acids is 1. The molecule has 0 unspecified atom stereocenters. The molecule has 0 aliphatic heterocycles. The van der Waals surface area contributed by atoms with Gasteiger partial charge in [-0.3, -0.25) is 9.59 Å². The van der Waals surface area contributed by atoms with E-state index in [-0.39, 0.29) is 29.5 Å². The molecule has 63 heavy (non-hydrogen) atoms. The lowest BCUT2D eigenvalue weighted by Crippen LogP contribution is -2.26. The van der Waals surface area contributed by atoms with Crippen LogP contribution in [0.25, 0.3) is 22.1 Å². The maximum absolute atomic E-state index is 12.9. The normalized spacial score (nSPS) is 14.8. The van der Waals surface area contributed by atoms with Crippen LogP contribution in [0.3, 0.4) is 0 Å². The Labute approximate surface area is 365 Å². The van der Waals surface area contributed by atoms with Gasteiger partial charge in [0.25, 0.3) is 11.8 Å². The van der Waals surface area contributed by atoms with Crippen LogP contribution in [-0.4, -0.2) is 113 Å². The number of aromatic nitrogens is 8. The second kappa shape index (κ2) is 19.8. The molecule has 6 aromatic rings. The highest BCUT2D eigenvalue weighted by Crippen LogP contribution is 2.35. The summed E-state index contributed by atoms with van der Waals surface area (Å²) in [6, 6.07) is 10.5. The Morgan fingerprint density at radius 1 is 0.603 bits per heavy atom. The molecule has 2 aliphatic carbocycles. The molecule has 2 aliphatic rings. The first kappa shape index (κ1) is 44.1. The molecule has 2 amide bonds. The standard InChI is InChI=1S/C23H28N6O3.C22H26N6O3/c1-28(2)21(30)18-12-16-14-25-23(26-19-11-10-15(13-24-19)22(31)32-3)27-20(16)29(18)17-8-6-4-5-7-9-17;1-27(2)20(29)17-11-15-13-24-22(25-18-10-9-14(12-23-18)21(30)31)26-19(15)28(17)16-7-5-3-4-6-8-16/h10-14,17H,4-9H2,1-3H3,(H,24,25,26,27);9-13,16H,3-8H2,1-2H3,(H,30,31)(H,23,24,25,26). The van der Waals surface area contributed by atoms with Crippen LogP contribution < -0.4 is 10.6 Å². The molecule has 0 atom stereocenters. The van der Waals surface area contributed by atoms with E-state index in [1.165, 1.54) is 51.3 Å². The van der Waals surface area contributed by atoms with E-state index in [2.05, 4.69) is 39.7 Å². The van der Waals surface area contributed by atoms with Crippen molar-refractivity contribution in [1.82, 2.24) is 48.8 Å². The molecule has 0 radical (unpaired) electrons. The number of esters is 1. The quantitative estimate of drug-likeness (QED) is 0.0885. The summed E-state index contributed by atoms with van der Waals surface area (Å²) in [5.74, 6) is 0.116. The van der Waals surface area contributed by atoms with E-state index in [4.69, 9.17) is 19.8 Å². The zero-order valence-corrected chi connectivity index (χ0v) is 36.4. The number of rotatable bonds is 10. The summed E-state index contributed by atoms with van der Waals surface area (Å²) in [7, 11) is 8.36. The minimum atomic E-state index is -1.03.